The van der Waals surface area contributed by atoms with E-state index in [0.717, 1.165) is 29.0 Å². The third-order valence-corrected chi connectivity index (χ3v) is 7.13. The van der Waals surface area contributed by atoms with Crippen LogP contribution in [0, 0.1) is 6.92 Å². The first-order valence-electron chi connectivity index (χ1n) is 10.9. The number of nitrogens with zero attached hydrogens (tertiary/aromatic N) is 1. The van der Waals surface area contributed by atoms with E-state index < -0.39 is 15.9 Å². The molecule has 0 saturated carbocycles. The van der Waals surface area contributed by atoms with Crippen molar-refractivity contribution < 1.29 is 23.0 Å². The molecule has 0 amide bonds. The first-order valence-corrected chi connectivity index (χ1v) is 12.7. The minimum atomic E-state index is -3.02. The standard InChI is InChI=1S/C24H33NO5S/c1-3-12-29-23-9-7-20(8-10-23)15-25(21-11-13-31(27,28)18-21)16-22(26)17-30-24-6-4-5-19(2)14-24/h4-10,14,21-22,26H,3,11-13,15-18H2,1-2H3. The summed E-state index contributed by atoms with van der Waals surface area (Å²) in [5, 5.41) is 10.6. The van der Waals surface area contributed by atoms with Crippen molar-refractivity contribution in [2.75, 3.05) is 31.3 Å². The molecule has 7 heteroatoms. The molecule has 0 aromatic heterocycles. The highest BCUT2D eigenvalue weighted by atomic mass is 32.2. The minimum Gasteiger partial charge on any atom is -0.494 e. The summed E-state index contributed by atoms with van der Waals surface area (Å²) in [6.07, 6.45) is 0.815. The van der Waals surface area contributed by atoms with Gasteiger partial charge in [0, 0.05) is 19.1 Å². The van der Waals surface area contributed by atoms with Gasteiger partial charge in [0.1, 0.15) is 24.2 Å². The zero-order valence-corrected chi connectivity index (χ0v) is 19.2. The van der Waals surface area contributed by atoms with Gasteiger partial charge >= 0.3 is 0 Å². The first kappa shape index (κ1) is 23.6. The highest BCUT2D eigenvalue weighted by molar-refractivity contribution is 7.91. The van der Waals surface area contributed by atoms with E-state index in [1.165, 1.54) is 0 Å². The van der Waals surface area contributed by atoms with Gasteiger partial charge < -0.3 is 14.6 Å². The van der Waals surface area contributed by atoms with Crippen molar-refractivity contribution in [1.29, 1.82) is 0 Å². The van der Waals surface area contributed by atoms with Gasteiger partial charge in [0.15, 0.2) is 9.84 Å². The van der Waals surface area contributed by atoms with Gasteiger partial charge in [0.2, 0.25) is 0 Å². The molecule has 1 saturated heterocycles. The number of aliphatic hydroxyl groups is 1. The van der Waals surface area contributed by atoms with Crippen LogP contribution in [0.5, 0.6) is 11.5 Å². The van der Waals surface area contributed by atoms with Crippen molar-refractivity contribution in [3.63, 3.8) is 0 Å². The summed E-state index contributed by atoms with van der Waals surface area (Å²) in [7, 11) is -3.02. The zero-order chi connectivity index (χ0) is 22.3. The second-order valence-corrected chi connectivity index (χ2v) is 10.5. The van der Waals surface area contributed by atoms with E-state index in [9.17, 15) is 13.5 Å². The van der Waals surface area contributed by atoms with Gasteiger partial charge in [0.25, 0.3) is 0 Å². The van der Waals surface area contributed by atoms with Gasteiger partial charge in [-0.15, -0.1) is 0 Å². The van der Waals surface area contributed by atoms with Crippen molar-refractivity contribution in [3.8, 4) is 11.5 Å². The number of benzene rings is 2. The van der Waals surface area contributed by atoms with Crippen LogP contribution in [-0.2, 0) is 16.4 Å². The molecule has 170 valence electrons. The van der Waals surface area contributed by atoms with Crippen molar-refractivity contribution >= 4 is 9.84 Å². The lowest BCUT2D eigenvalue weighted by Gasteiger charge is -2.30. The lowest BCUT2D eigenvalue weighted by Crippen LogP contribution is -2.42. The predicted molar refractivity (Wildman–Crippen MR) is 122 cm³/mol. The SMILES string of the molecule is CCCOc1ccc(CN(CC(O)COc2cccc(C)c2)C2CCS(=O)(=O)C2)cc1. The summed E-state index contributed by atoms with van der Waals surface area (Å²) in [5.74, 6) is 1.88. The third kappa shape index (κ3) is 7.52. The number of sulfone groups is 1. The normalized spacial score (nSPS) is 18.8. The van der Waals surface area contributed by atoms with Crippen LogP contribution < -0.4 is 9.47 Å². The molecule has 1 N–H and O–H groups in total. The summed E-state index contributed by atoms with van der Waals surface area (Å²) in [5.41, 5.74) is 2.15. The molecule has 31 heavy (non-hydrogen) atoms. The number of hydrogen-bond acceptors (Lipinski definition) is 6. The van der Waals surface area contributed by atoms with Crippen LogP contribution in [0.2, 0.25) is 0 Å². The Morgan fingerprint density at radius 3 is 2.55 bits per heavy atom. The average Bonchev–Trinajstić information content (AvgIpc) is 3.11. The number of ether oxygens (including phenoxy) is 2. The second kappa shape index (κ2) is 11.0. The monoisotopic (exact) mass is 447 g/mol. The summed E-state index contributed by atoms with van der Waals surface area (Å²) in [6, 6.07) is 15.5. The molecular formula is C24H33NO5S. The van der Waals surface area contributed by atoms with E-state index in [1.807, 2.05) is 55.5 Å². The molecule has 6 nitrogen and oxygen atoms in total. The van der Waals surface area contributed by atoms with Crippen LogP contribution in [0.4, 0.5) is 0 Å². The van der Waals surface area contributed by atoms with Crippen LogP contribution in [0.1, 0.15) is 30.9 Å². The highest BCUT2D eigenvalue weighted by Gasteiger charge is 2.33. The number of rotatable bonds is 11. The average molecular weight is 448 g/mol. The molecular weight excluding hydrogens is 414 g/mol. The number of hydrogen-bond donors (Lipinski definition) is 1. The maximum atomic E-state index is 12.0. The Bertz CT molecular complexity index is 929. The van der Waals surface area contributed by atoms with Gasteiger partial charge in [0.05, 0.1) is 18.1 Å². The fourth-order valence-electron chi connectivity index (χ4n) is 3.77. The molecule has 1 fully saturated rings. The van der Waals surface area contributed by atoms with Gasteiger partial charge in [-0.1, -0.05) is 31.2 Å². The molecule has 2 aromatic carbocycles. The highest BCUT2D eigenvalue weighted by Crippen LogP contribution is 2.22. The fraction of sp³-hybridized carbons (Fsp3) is 0.500. The topological polar surface area (TPSA) is 76.1 Å². The van der Waals surface area contributed by atoms with E-state index in [-0.39, 0.29) is 24.2 Å². The molecule has 3 rings (SSSR count). The smallest absolute Gasteiger partial charge is 0.151 e. The Labute approximate surface area is 185 Å². The lowest BCUT2D eigenvalue weighted by atomic mass is 10.1. The molecule has 0 aliphatic carbocycles. The molecule has 2 atom stereocenters. The molecule has 2 aromatic rings. The van der Waals surface area contributed by atoms with Crippen LogP contribution in [0.15, 0.2) is 48.5 Å². The summed E-state index contributed by atoms with van der Waals surface area (Å²) in [4.78, 5) is 2.07. The number of aryl methyl sites for hydroxylation is 1. The Balaban J connectivity index is 1.63. The quantitative estimate of drug-likeness (QED) is 0.570. The van der Waals surface area contributed by atoms with Crippen LogP contribution >= 0.6 is 0 Å². The van der Waals surface area contributed by atoms with Crippen molar-refractivity contribution in [2.24, 2.45) is 0 Å². The Morgan fingerprint density at radius 1 is 1.13 bits per heavy atom. The molecule has 0 spiro atoms. The van der Waals surface area contributed by atoms with E-state index in [1.54, 1.807) is 0 Å². The minimum absolute atomic E-state index is 0.102. The van der Waals surface area contributed by atoms with Crippen molar-refractivity contribution in [2.45, 2.75) is 45.4 Å². The van der Waals surface area contributed by atoms with Crippen molar-refractivity contribution in [1.82, 2.24) is 4.90 Å². The summed E-state index contributed by atoms with van der Waals surface area (Å²) < 4.78 is 35.5. The summed E-state index contributed by atoms with van der Waals surface area (Å²) in [6.45, 7) is 5.80. The van der Waals surface area contributed by atoms with E-state index >= 15 is 0 Å². The van der Waals surface area contributed by atoms with Gasteiger partial charge in [-0.05, 0) is 55.2 Å². The molecule has 1 heterocycles. The molecule has 0 bridgehead atoms. The Kier molecular flexibility index (Phi) is 8.35. The molecule has 0 radical (unpaired) electrons. The Morgan fingerprint density at radius 2 is 1.90 bits per heavy atom. The van der Waals surface area contributed by atoms with Crippen LogP contribution in [-0.4, -0.2) is 61.8 Å². The van der Waals surface area contributed by atoms with Gasteiger partial charge in [-0.25, -0.2) is 8.42 Å². The molecule has 1 aliphatic rings. The van der Waals surface area contributed by atoms with E-state index in [4.69, 9.17) is 9.47 Å². The van der Waals surface area contributed by atoms with E-state index in [0.29, 0.717) is 26.1 Å². The first-order chi connectivity index (χ1) is 14.8. The molecule has 2 unspecified atom stereocenters. The Hall–Kier alpha value is -2.09. The fourth-order valence-corrected chi connectivity index (χ4v) is 5.53. The van der Waals surface area contributed by atoms with Gasteiger partial charge in [-0.2, -0.15) is 0 Å². The molecule has 1 aliphatic heterocycles. The summed E-state index contributed by atoms with van der Waals surface area (Å²) >= 11 is 0. The maximum absolute atomic E-state index is 12.0. The second-order valence-electron chi connectivity index (χ2n) is 8.26. The van der Waals surface area contributed by atoms with Crippen LogP contribution in [0.25, 0.3) is 0 Å². The van der Waals surface area contributed by atoms with Gasteiger partial charge in [-0.3, -0.25) is 4.90 Å². The zero-order valence-electron chi connectivity index (χ0n) is 18.4. The maximum Gasteiger partial charge on any atom is 0.151 e. The van der Waals surface area contributed by atoms with Crippen LogP contribution in [0.3, 0.4) is 0 Å². The van der Waals surface area contributed by atoms with E-state index in [2.05, 4.69) is 11.8 Å². The number of aliphatic hydroxyl groups excluding tert-OH is 1. The van der Waals surface area contributed by atoms with Crippen molar-refractivity contribution in [3.05, 3.63) is 59.7 Å². The third-order valence-electron chi connectivity index (χ3n) is 5.38. The predicted octanol–water partition coefficient (Wildman–Crippen LogP) is 3.21. The largest absolute Gasteiger partial charge is 0.494 e. The lowest BCUT2D eigenvalue weighted by molar-refractivity contribution is 0.0524.